The number of hydrogen-bond acceptors (Lipinski definition) is 2. The van der Waals surface area contributed by atoms with Crippen molar-refractivity contribution in [1.29, 1.82) is 0 Å². The van der Waals surface area contributed by atoms with E-state index < -0.39 is 0 Å². The Morgan fingerprint density at radius 2 is 1.36 bits per heavy atom. The Morgan fingerprint density at radius 1 is 1.00 bits per heavy atom. The van der Waals surface area contributed by atoms with E-state index in [1.807, 2.05) is 13.8 Å². The average molecular weight is 232 g/mol. The van der Waals surface area contributed by atoms with Gasteiger partial charge in [-0.15, -0.1) is 13.1 Å². The fourth-order valence-corrected chi connectivity index (χ4v) is 0.843. The van der Waals surface area contributed by atoms with Crippen molar-refractivity contribution >= 4 is 0 Å². The van der Waals surface area contributed by atoms with Gasteiger partial charge in [-0.1, -0.05) is 13.8 Å². The van der Waals surface area contributed by atoms with Crippen LogP contribution in [0.25, 0.3) is 0 Å². The van der Waals surface area contributed by atoms with Crippen LogP contribution in [0.15, 0.2) is 0 Å². The first kappa shape index (κ1) is 14.5. The zero-order valence-electron chi connectivity index (χ0n) is 7.91. The minimum atomic E-state index is 0. The molecule has 0 aromatic carbocycles. The minimum Gasteiger partial charge on any atom is -0.345 e. The van der Waals surface area contributed by atoms with Crippen molar-refractivity contribution in [2.45, 2.75) is 20.8 Å². The molecule has 0 atom stereocenters. The SMILES string of the molecule is CC.C[C-]1CNCCNC1.[Y]. The molecule has 11 heavy (non-hydrogen) atoms. The monoisotopic (exact) mass is 232 g/mol. The van der Waals surface area contributed by atoms with Gasteiger partial charge < -0.3 is 10.6 Å². The van der Waals surface area contributed by atoms with Crippen LogP contribution < -0.4 is 10.6 Å². The average Bonchev–Trinajstić information content (AvgIpc) is 2.21. The molecule has 1 radical (unpaired) electrons. The van der Waals surface area contributed by atoms with Gasteiger partial charge in [-0.3, -0.25) is 5.92 Å². The van der Waals surface area contributed by atoms with Crippen LogP contribution in [0, 0.1) is 5.92 Å². The van der Waals surface area contributed by atoms with Gasteiger partial charge in [0, 0.05) is 45.8 Å². The predicted molar refractivity (Wildman–Crippen MR) is 46.0 cm³/mol. The topological polar surface area (TPSA) is 24.1 Å². The summed E-state index contributed by atoms with van der Waals surface area (Å²) in [7, 11) is 0. The smallest absolute Gasteiger partial charge is 0.00483 e. The summed E-state index contributed by atoms with van der Waals surface area (Å²) in [6.07, 6.45) is 0. The van der Waals surface area contributed by atoms with Crippen LogP contribution in [-0.2, 0) is 32.7 Å². The molecule has 3 heteroatoms. The second-order valence-electron chi connectivity index (χ2n) is 2.31. The maximum Gasteiger partial charge on any atom is 0.00483 e. The molecule has 1 saturated heterocycles. The van der Waals surface area contributed by atoms with Crippen molar-refractivity contribution in [2.75, 3.05) is 26.2 Å². The van der Waals surface area contributed by atoms with Crippen LogP contribution in [0.4, 0.5) is 0 Å². The second-order valence-corrected chi connectivity index (χ2v) is 2.31. The van der Waals surface area contributed by atoms with E-state index >= 15 is 0 Å². The van der Waals surface area contributed by atoms with Crippen LogP contribution in [0.3, 0.4) is 0 Å². The number of hydrogen-bond donors (Lipinski definition) is 2. The largest absolute Gasteiger partial charge is 0.345 e. The van der Waals surface area contributed by atoms with Crippen molar-refractivity contribution in [1.82, 2.24) is 10.6 Å². The first-order valence-corrected chi connectivity index (χ1v) is 4.12. The van der Waals surface area contributed by atoms with Gasteiger partial charge in [-0.2, -0.15) is 6.92 Å². The van der Waals surface area contributed by atoms with Crippen LogP contribution in [0.2, 0.25) is 0 Å². The molecule has 0 unspecified atom stereocenters. The van der Waals surface area contributed by atoms with Gasteiger partial charge in [0.05, 0.1) is 0 Å². The third kappa shape index (κ3) is 8.93. The van der Waals surface area contributed by atoms with E-state index in [0.29, 0.717) is 0 Å². The normalized spacial score (nSPS) is 18.8. The maximum atomic E-state index is 3.30. The molecule has 0 saturated carbocycles. The summed E-state index contributed by atoms with van der Waals surface area (Å²) in [6.45, 7) is 10.6. The van der Waals surface area contributed by atoms with Crippen molar-refractivity contribution in [2.24, 2.45) is 0 Å². The maximum absolute atomic E-state index is 3.30. The Labute approximate surface area is 95.8 Å². The number of rotatable bonds is 0. The molecular weight excluding hydrogens is 213 g/mol. The van der Waals surface area contributed by atoms with Crippen LogP contribution in [0.1, 0.15) is 20.8 Å². The molecule has 0 aromatic heterocycles. The Bertz CT molecular complexity index is 61.1. The zero-order valence-corrected chi connectivity index (χ0v) is 10.7. The molecule has 1 fully saturated rings. The summed E-state index contributed by atoms with van der Waals surface area (Å²) >= 11 is 0. The Balaban J connectivity index is 0. The molecule has 0 amide bonds. The standard InChI is InChI=1S/C6H13N2.C2H6.Y/c1-6-4-7-2-3-8-5-6;1-2;/h7-8H,2-5H2,1H3;1-2H3;/q-1;;. The third-order valence-corrected chi connectivity index (χ3v) is 1.33. The molecule has 0 bridgehead atoms. The van der Waals surface area contributed by atoms with E-state index in [1.54, 1.807) is 0 Å². The van der Waals surface area contributed by atoms with Crippen molar-refractivity contribution in [3.05, 3.63) is 5.92 Å². The van der Waals surface area contributed by atoms with Crippen LogP contribution in [-0.4, -0.2) is 26.2 Å². The van der Waals surface area contributed by atoms with Crippen molar-refractivity contribution in [3.8, 4) is 0 Å². The summed E-state index contributed by atoms with van der Waals surface area (Å²) in [5.74, 6) is 1.50. The van der Waals surface area contributed by atoms with E-state index in [2.05, 4.69) is 17.6 Å². The number of nitrogens with one attached hydrogen (secondary N) is 2. The van der Waals surface area contributed by atoms with E-state index in [9.17, 15) is 0 Å². The van der Waals surface area contributed by atoms with Gasteiger partial charge >= 0.3 is 0 Å². The predicted octanol–water partition coefficient (Wildman–Crippen LogP) is 0.797. The fourth-order valence-electron chi connectivity index (χ4n) is 0.843. The van der Waals surface area contributed by atoms with Gasteiger partial charge in [0.25, 0.3) is 0 Å². The van der Waals surface area contributed by atoms with Gasteiger partial charge in [-0.05, 0) is 0 Å². The molecule has 1 aliphatic heterocycles. The summed E-state index contributed by atoms with van der Waals surface area (Å²) in [5.41, 5.74) is 0. The molecule has 2 nitrogen and oxygen atoms in total. The second kappa shape index (κ2) is 11.0. The van der Waals surface area contributed by atoms with E-state index in [4.69, 9.17) is 0 Å². The fraction of sp³-hybridized carbons (Fsp3) is 0.875. The summed E-state index contributed by atoms with van der Waals surface area (Å²) < 4.78 is 0. The quantitative estimate of drug-likeness (QED) is 0.603. The minimum absolute atomic E-state index is 0. The Kier molecular flexibility index (Phi) is 14.6. The van der Waals surface area contributed by atoms with Gasteiger partial charge in [-0.25, -0.2) is 0 Å². The molecule has 0 spiro atoms. The molecule has 0 aliphatic carbocycles. The molecule has 1 aliphatic rings. The molecule has 2 N–H and O–H groups in total. The first-order chi connectivity index (χ1) is 4.89. The van der Waals surface area contributed by atoms with Gasteiger partial charge in [0.2, 0.25) is 0 Å². The summed E-state index contributed by atoms with van der Waals surface area (Å²) in [4.78, 5) is 0. The molecule has 1 rings (SSSR count). The molecule has 0 aromatic rings. The molecule has 65 valence electrons. The van der Waals surface area contributed by atoms with E-state index in [-0.39, 0.29) is 32.7 Å². The van der Waals surface area contributed by atoms with Crippen molar-refractivity contribution in [3.63, 3.8) is 0 Å². The Morgan fingerprint density at radius 3 is 1.73 bits per heavy atom. The summed E-state index contributed by atoms with van der Waals surface area (Å²) in [5, 5.41) is 6.59. The van der Waals surface area contributed by atoms with E-state index in [1.165, 1.54) is 5.92 Å². The van der Waals surface area contributed by atoms with Gasteiger partial charge in [0.15, 0.2) is 0 Å². The first-order valence-electron chi connectivity index (χ1n) is 4.12. The molecule has 1 heterocycles. The van der Waals surface area contributed by atoms with Crippen LogP contribution >= 0.6 is 0 Å². The van der Waals surface area contributed by atoms with Gasteiger partial charge in [0.1, 0.15) is 0 Å². The van der Waals surface area contributed by atoms with Crippen LogP contribution in [0.5, 0.6) is 0 Å². The third-order valence-electron chi connectivity index (χ3n) is 1.33. The Hall–Kier alpha value is 1.02. The molecular formula is C8H19N2Y-. The van der Waals surface area contributed by atoms with E-state index in [0.717, 1.165) is 26.2 Å². The van der Waals surface area contributed by atoms with Crippen molar-refractivity contribution < 1.29 is 32.7 Å². The zero-order chi connectivity index (χ0) is 7.82. The summed E-state index contributed by atoms with van der Waals surface area (Å²) in [6, 6.07) is 0.